The zero-order valence-corrected chi connectivity index (χ0v) is 14.5. The maximum Gasteiger partial charge on any atom is 0.139 e. The van der Waals surface area contributed by atoms with Gasteiger partial charge in [-0.3, -0.25) is 4.40 Å². The van der Waals surface area contributed by atoms with Crippen LogP contribution in [0.3, 0.4) is 0 Å². The van der Waals surface area contributed by atoms with Gasteiger partial charge in [0.15, 0.2) is 0 Å². The third-order valence-corrected chi connectivity index (χ3v) is 5.20. The number of benzene rings is 1. The maximum absolute atomic E-state index is 4.93. The molecule has 4 rings (SSSR count). The van der Waals surface area contributed by atoms with E-state index >= 15 is 0 Å². The third kappa shape index (κ3) is 2.79. The molecule has 24 heavy (non-hydrogen) atoms. The average molecular weight is 319 g/mol. The molecule has 1 fully saturated rings. The Labute approximate surface area is 143 Å². The van der Waals surface area contributed by atoms with Gasteiger partial charge in [0.05, 0.1) is 0 Å². The molecule has 0 radical (unpaired) electrons. The second-order valence-electron chi connectivity index (χ2n) is 7.09. The molecule has 1 aromatic carbocycles. The minimum atomic E-state index is 0.796. The highest BCUT2D eigenvalue weighted by molar-refractivity contribution is 5.78. The number of aromatic nitrogens is 2. The van der Waals surface area contributed by atoms with E-state index in [-0.39, 0.29) is 0 Å². The van der Waals surface area contributed by atoms with Gasteiger partial charge in [0, 0.05) is 18.3 Å². The summed E-state index contributed by atoms with van der Waals surface area (Å²) in [6.07, 6.45) is 7.64. The maximum atomic E-state index is 4.93. The van der Waals surface area contributed by atoms with E-state index in [9.17, 15) is 0 Å². The predicted octanol–water partition coefficient (Wildman–Crippen LogP) is 5.22. The average Bonchev–Trinajstić information content (AvgIpc) is 3.21. The van der Waals surface area contributed by atoms with Crippen molar-refractivity contribution in [3.8, 4) is 11.3 Å². The van der Waals surface area contributed by atoms with E-state index in [0.717, 1.165) is 29.6 Å². The van der Waals surface area contributed by atoms with Crippen molar-refractivity contribution in [3.05, 3.63) is 53.7 Å². The summed E-state index contributed by atoms with van der Waals surface area (Å²) in [5, 5.41) is 3.73. The van der Waals surface area contributed by atoms with Gasteiger partial charge < -0.3 is 5.32 Å². The Hall–Kier alpha value is -2.29. The smallest absolute Gasteiger partial charge is 0.139 e. The molecule has 3 aromatic rings. The van der Waals surface area contributed by atoms with Crippen LogP contribution >= 0.6 is 0 Å². The number of hydrogen-bond donors (Lipinski definition) is 1. The Morgan fingerprint density at radius 1 is 1.08 bits per heavy atom. The fourth-order valence-electron chi connectivity index (χ4n) is 3.80. The van der Waals surface area contributed by atoms with Crippen LogP contribution < -0.4 is 5.32 Å². The van der Waals surface area contributed by atoms with E-state index in [0.29, 0.717) is 0 Å². The first kappa shape index (κ1) is 15.3. The summed E-state index contributed by atoms with van der Waals surface area (Å²) in [5.41, 5.74) is 5.80. The first-order valence-corrected chi connectivity index (χ1v) is 9.01. The Morgan fingerprint density at radius 2 is 1.88 bits per heavy atom. The highest BCUT2D eigenvalue weighted by Crippen LogP contribution is 2.32. The van der Waals surface area contributed by atoms with Gasteiger partial charge in [-0.15, -0.1) is 0 Å². The first-order valence-electron chi connectivity index (χ1n) is 9.01. The van der Waals surface area contributed by atoms with Crippen LogP contribution in [0.25, 0.3) is 16.9 Å². The molecule has 0 atom stereocenters. The SMILES string of the molecule is Cc1ccc2nc(-c3ccccc3C)c(NCC3CCCC3)n2c1. The van der Waals surface area contributed by atoms with Gasteiger partial charge in [-0.25, -0.2) is 4.98 Å². The van der Waals surface area contributed by atoms with Gasteiger partial charge in [-0.1, -0.05) is 43.2 Å². The molecule has 2 aromatic heterocycles. The molecule has 0 unspecified atom stereocenters. The Kier molecular flexibility index (Phi) is 4.01. The highest BCUT2D eigenvalue weighted by Gasteiger charge is 2.19. The second-order valence-corrected chi connectivity index (χ2v) is 7.09. The van der Waals surface area contributed by atoms with Gasteiger partial charge in [0.1, 0.15) is 17.2 Å². The number of nitrogens with one attached hydrogen (secondary N) is 1. The van der Waals surface area contributed by atoms with E-state index in [4.69, 9.17) is 4.98 Å². The van der Waals surface area contributed by atoms with Crippen molar-refractivity contribution in [3.63, 3.8) is 0 Å². The van der Waals surface area contributed by atoms with Crippen molar-refractivity contribution < 1.29 is 0 Å². The number of fused-ring (bicyclic) bond motifs is 1. The summed E-state index contributed by atoms with van der Waals surface area (Å²) < 4.78 is 2.21. The van der Waals surface area contributed by atoms with Gasteiger partial charge in [-0.2, -0.15) is 0 Å². The molecular formula is C21H25N3. The molecule has 0 spiro atoms. The molecule has 1 N–H and O–H groups in total. The van der Waals surface area contributed by atoms with Gasteiger partial charge in [0.25, 0.3) is 0 Å². The summed E-state index contributed by atoms with van der Waals surface area (Å²) in [6, 6.07) is 12.8. The Bertz CT molecular complexity index is 857. The van der Waals surface area contributed by atoms with Crippen molar-refractivity contribution >= 4 is 11.5 Å². The molecule has 124 valence electrons. The molecule has 0 saturated heterocycles. The third-order valence-electron chi connectivity index (χ3n) is 5.20. The van der Waals surface area contributed by atoms with E-state index in [1.54, 1.807) is 0 Å². The molecule has 0 aliphatic heterocycles. The molecule has 1 aliphatic rings. The molecular weight excluding hydrogens is 294 g/mol. The zero-order valence-electron chi connectivity index (χ0n) is 14.5. The lowest BCUT2D eigenvalue weighted by atomic mass is 10.1. The molecule has 3 heteroatoms. The quantitative estimate of drug-likeness (QED) is 0.714. The standard InChI is InChI=1S/C21H25N3/c1-15-11-12-19-23-20(18-10-6-3-7-16(18)2)21(24(19)14-15)22-13-17-8-4-5-9-17/h3,6-7,10-12,14,17,22H,4-5,8-9,13H2,1-2H3. The summed E-state index contributed by atoms with van der Waals surface area (Å²) in [4.78, 5) is 4.93. The minimum Gasteiger partial charge on any atom is -0.369 e. The zero-order chi connectivity index (χ0) is 16.5. The molecule has 1 aliphatic carbocycles. The summed E-state index contributed by atoms with van der Waals surface area (Å²) >= 11 is 0. The molecule has 0 bridgehead atoms. The first-order chi connectivity index (χ1) is 11.7. The second kappa shape index (κ2) is 6.31. The van der Waals surface area contributed by atoms with Crippen molar-refractivity contribution in [2.24, 2.45) is 5.92 Å². The van der Waals surface area contributed by atoms with Crippen LogP contribution in [0.1, 0.15) is 36.8 Å². The summed E-state index contributed by atoms with van der Waals surface area (Å²) in [5.74, 6) is 1.93. The number of anilines is 1. The van der Waals surface area contributed by atoms with Crippen LogP contribution in [0.2, 0.25) is 0 Å². The summed E-state index contributed by atoms with van der Waals surface area (Å²) in [6.45, 7) is 5.33. The van der Waals surface area contributed by atoms with Crippen molar-refractivity contribution in [2.45, 2.75) is 39.5 Å². The Morgan fingerprint density at radius 3 is 2.67 bits per heavy atom. The number of aryl methyl sites for hydroxylation is 2. The fraction of sp³-hybridized carbons (Fsp3) is 0.381. The number of pyridine rings is 1. The van der Waals surface area contributed by atoms with Crippen LogP contribution in [0.4, 0.5) is 5.82 Å². The van der Waals surface area contributed by atoms with E-state index in [1.165, 1.54) is 42.4 Å². The topological polar surface area (TPSA) is 29.3 Å². The van der Waals surface area contributed by atoms with Gasteiger partial charge >= 0.3 is 0 Å². The van der Waals surface area contributed by atoms with Crippen molar-refractivity contribution in [2.75, 3.05) is 11.9 Å². The fourth-order valence-corrected chi connectivity index (χ4v) is 3.80. The van der Waals surface area contributed by atoms with Crippen molar-refractivity contribution in [1.82, 2.24) is 9.38 Å². The van der Waals surface area contributed by atoms with E-state index < -0.39 is 0 Å². The molecule has 2 heterocycles. The van der Waals surface area contributed by atoms with Gasteiger partial charge in [0.2, 0.25) is 0 Å². The Balaban J connectivity index is 1.79. The summed E-state index contributed by atoms with van der Waals surface area (Å²) in [7, 11) is 0. The van der Waals surface area contributed by atoms with Crippen LogP contribution in [0, 0.1) is 19.8 Å². The lowest BCUT2D eigenvalue weighted by Crippen LogP contribution is -2.13. The number of rotatable bonds is 4. The highest BCUT2D eigenvalue weighted by atomic mass is 15.1. The van der Waals surface area contributed by atoms with Crippen LogP contribution in [0.5, 0.6) is 0 Å². The van der Waals surface area contributed by atoms with Gasteiger partial charge in [-0.05, 0) is 49.8 Å². The number of nitrogens with zero attached hydrogens (tertiary/aromatic N) is 2. The molecule has 1 saturated carbocycles. The van der Waals surface area contributed by atoms with Crippen molar-refractivity contribution in [1.29, 1.82) is 0 Å². The molecule has 0 amide bonds. The largest absolute Gasteiger partial charge is 0.369 e. The normalized spacial score (nSPS) is 15.2. The predicted molar refractivity (Wildman–Crippen MR) is 101 cm³/mol. The minimum absolute atomic E-state index is 0.796. The monoisotopic (exact) mass is 319 g/mol. The molecule has 3 nitrogen and oxygen atoms in total. The van der Waals surface area contributed by atoms with E-state index in [1.807, 2.05) is 0 Å². The van der Waals surface area contributed by atoms with E-state index in [2.05, 4.69) is 66.2 Å². The number of hydrogen-bond acceptors (Lipinski definition) is 2. The number of imidazole rings is 1. The van der Waals surface area contributed by atoms with Crippen LogP contribution in [0.15, 0.2) is 42.6 Å². The lowest BCUT2D eigenvalue weighted by Gasteiger charge is -2.14. The van der Waals surface area contributed by atoms with Crippen LogP contribution in [-0.4, -0.2) is 15.9 Å². The van der Waals surface area contributed by atoms with Crippen LogP contribution in [-0.2, 0) is 0 Å². The lowest BCUT2D eigenvalue weighted by molar-refractivity contribution is 0.579.